The second kappa shape index (κ2) is 6.96. The maximum absolute atomic E-state index is 12.3. The van der Waals surface area contributed by atoms with Gasteiger partial charge in [-0.3, -0.25) is 4.79 Å². The van der Waals surface area contributed by atoms with Crippen LogP contribution in [0.25, 0.3) is 0 Å². The first-order chi connectivity index (χ1) is 11.9. The number of hydrogen-bond donors (Lipinski definition) is 2. The molecule has 10 heteroatoms. The number of rotatable bonds is 4. The van der Waals surface area contributed by atoms with Crippen LogP contribution in [0.1, 0.15) is 21.5 Å². The molecule has 2 rings (SSSR count). The van der Waals surface area contributed by atoms with E-state index in [1.165, 1.54) is 18.2 Å². The third kappa shape index (κ3) is 4.96. The van der Waals surface area contributed by atoms with Crippen molar-refractivity contribution >= 4 is 21.6 Å². The standard InChI is InChI=1S/C16H15F3N2O4S/c1-9-7-11(8-14(10(9)2)26(20,23)24)15(22)21-12-3-5-13(6-4-12)25-16(17,18)19/h3-8H,1-2H3,(H,21,22)(H2,20,23,24). The number of carbonyl (C=O) groups is 1. The molecule has 0 saturated heterocycles. The van der Waals surface area contributed by atoms with Gasteiger partial charge in [-0.15, -0.1) is 13.2 Å². The minimum atomic E-state index is -4.81. The van der Waals surface area contributed by atoms with Crippen LogP contribution in [0.2, 0.25) is 0 Å². The highest BCUT2D eigenvalue weighted by Crippen LogP contribution is 2.25. The predicted molar refractivity (Wildman–Crippen MR) is 88.4 cm³/mol. The van der Waals surface area contributed by atoms with Gasteiger partial charge in [-0.25, -0.2) is 13.6 Å². The van der Waals surface area contributed by atoms with Crippen molar-refractivity contribution in [1.82, 2.24) is 0 Å². The van der Waals surface area contributed by atoms with Gasteiger partial charge in [0.2, 0.25) is 10.0 Å². The molecule has 0 aliphatic carbocycles. The summed E-state index contributed by atoms with van der Waals surface area (Å²) in [5.41, 5.74) is 1.24. The lowest BCUT2D eigenvalue weighted by Crippen LogP contribution is -2.18. The molecule has 0 aliphatic rings. The van der Waals surface area contributed by atoms with E-state index in [1.807, 2.05) is 0 Å². The van der Waals surface area contributed by atoms with Crippen molar-refractivity contribution in [2.75, 3.05) is 5.32 Å². The van der Waals surface area contributed by atoms with Gasteiger partial charge >= 0.3 is 6.36 Å². The summed E-state index contributed by atoms with van der Waals surface area (Å²) >= 11 is 0. The minimum Gasteiger partial charge on any atom is -0.406 e. The first kappa shape index (κ1) is 19.7. The molecule has 2 aromatic rings. The number of aryl methyl sites for hydroxylation is 1. The summed E-state index contributed by atoms with van der Waals surface area (Å²) in [6.45, 7) is 3.19. The maximum Gasteiger partial charge on any atom is 0.573 e. The van der Waals surface area contributed by atoms with Crippen LogP contribution in [0.15, 0.2) is 41.3 Å². The van der Waals surface area contributed by atoms with Crippen molar-refractivity contribution in [2.24, 2.45) is 5.14 Å². The highest BCUT2D eigenvalue weighted by Gasteiger charge is 2.31. The molecule has 0 fully saturated rings. The second-order valence-electron chi connectivity index (χ2n) is 5.49. The van der Waals surface area contributed by atoms with Crippen molar-refractivity contribution in [3.63, 3.8) is 0 Å². The van der Waals surface area contributed by atoms with Crippen molar-refractivity contribution in [3.8, 4) is 5.75 Å². The Labute approximate surface area is 147 Å². The van der Waals surface area contributed by atoms with Crippen LogP contribution in [0.3, 0.4) is 0 Å². The predicted octanol–water partition coefficient (Wildman–Crippen LogP) is 3.10. The molecule has 0 radical (unpaired) electrons. The van der Waals surface area contributed by atoms with Crippen molar-refractivity contribution in [2.45, 2.75) is 25.1 Å². The number of sulfonamides is 1. The van der Waals surface area contributed by atoms with Gasteiger partial charge in [0.1, 0.15) is 5.75 Å². The lowest BCUT2D eigenvalue weighted by molar-refractivity contribution is -0.274. The Kier molecular flexibility index (Phi) is 5.28. The summed E-state index contributed by atoms with van der Waals surface area (Å²) in [4.78, 5) is 12.1. The molecule has 3 N–H and O–H groups in total. The molecule has 0 aromatic heterocycles. The Morgan fingerprint density at radius 2 is 1.69 bits per heavy atom. The zero-order valence-corrected chi connectivity index (χ0v) is 14.5. The van der Waals surface area contributed by atoms with Gasteiger partial charge in [0.05, 0.1) is 4.90 Å². The van der Waals surface area contributed by atoms with Gasteiger partial charge in [-0.05, 0) is 61.4 Å². The van der Waals surface area contributed by atoms with E-state index < -0.39 is 28.0 Å². The molecular formula is C16H15F3N2O4S. The number of nitrogens with two attached hydrogens (primary N) is 1. The number of anilines is 1. The Balaban J connectivity index is 2.24. The van der Waals surface area contributed by atoms with E-state index in [1.54, 1.807) is 13.8 Å². The molecule has 26 heavy (non-hydrogen) atoms. The van der Waals surface area contributed by atoms with Crippen molar-refractivity contribution in [3.05, 3.63) is 53.1 Å². The molecular weight excluding hydrogens is 373 g/mol. The highest BCUT2D eigenvalue weighted by molar-refractivity contribution is 7.89. The number of carbonyl (C=O) groups excluding carboxylic acids is 1. The van der Waals surface area contributed by atoms with E-state index in [9.17, 15) is 26.4 Å². The fraction of sp³-hybridized carbons (Fsp3) is 0.188. The van der Waals surface area contributed by atoms with Crippen molar-refractivity contribution < 1.29 is 31.1 Å². The minimum absolute atomic E-state index is 0.0488. The summed E-state index contributed by atoms with van der Waals surface area (Å²) in [6, 6.07) is 7.16. The fourth-order valence-electron chi connectivity index (χ4n) is 2.20. The maximum atomic E-state index is 12.3. The first-order valence-corrected chi connectivity index (χ1v) is 8.72. The SMILES string of the molecule is Cc1cc(C(=O)Nc2ccc(OC(F)(F)F)cc2)cc(S(N)(=O)=O)c1C. The van der Waals surface area contributed by atoms with Gasteiger partial charge in [-0.1, -0.05) is 0 Å². The van der Waals surface area contributed by atoms with E-state index in [0.717, 1.165) is 18.2 Å². The van der Waals surface area contributed by atoms with E-state index in [4.69, 9.17) is 5.14 Å². The number of primary sulfonamides is 1. The molecule has 0 bridgehead atoms. The van der Waals surface area contributed by atoms with Gasteiger partial charge < -0.3 is 10.1 Å². The Bertz CT molecular complexity index is 939. The number of halogens is 3. The zero-order valence-electron chi connectivity index (χ0n) is 13.7. The fourth-order valence-corrected chi connectivity index (χ4v) is 3.08. The topological polar surface area (TPSA) is 98.5 Å². The van der Waals surface area contributed by atoms with Gasteiger partial charge in [0, 0.05) is 11.3 Å². The number of ether oxygens (including phenoxy) is 1. The average molecular weight is 388 g/mol. The molecule has 0 heterocycles. The first-order valence-electron chi connectivity index (χ1n) is 7.18. The highest BCUT2D eigenvalue weighted by atomic mass is 32.2. The smallest absolute Gasteiger partial charge is 0.406 e. The lowest BCUT2D eigenvalue weighted by Gasteiger charge is -2.12. The van der Waals surface area contributed by atoms with Gasteiger partial charge in [0.15, 0.2) is 0 Å². The van der Waals surface area contributed by atoms with Crippen molar-refractivity contribution in [1.29, 1.82) is 0 Å². The summed E-state index contributed by atoms with van der Waals surface area (Å²) in [5.74, 6) is -1.07. The third-order valence-corrected chi connectivity index (χ3v) is 4.57. The Morgan fingerprint density at radius 3 is 2.19 bits per heavy atom. The quantitative estimate of drug-likeness (QED) is 0.841. The van der Waals surface area contributed by atoms with Crippen LogP contribution in [-0.2, 0) is 10.0 Å². The van der Waals surface area contributed by atoms with Crippen LogP contribution >= 0.6 is 0 Å². The van der Waals surface area contributed by atoms with Crippen LogP contribution in [-0.4, -0.2) is 20.7 Å². The number of amides is 1. The second-order valence-corrected chi connectivity index (χ2v) is 7.02. The number of alkyl halides is 3. The molecule has 6 nitrogen and oxygen atoms in total. The zero-order chi connectivity index (χ0) is 19.7. The van der Waals surface area contributed by atoms with E-state index in [-0.39, 0.29) is 16.1 Å². The van der Waals surface area contributed by atoms with Crippen LogP contribution in [0.4, 0.5) is 18.9 Å². The molecule has 2 aromatic carbocycles. The summed E-state index contributed by atoms with van der Waals surface area (Å²) in [6.07, 6.45) is -4.81. The molecule has 0 aliphatic heterocycles. The van der Waals surface area contributed by atoms with Gasteiger partial charge in [0.25, 0.3) is 5.91 Å². The van der Waals surface area contributed by atoms with Crippen LogP contribution in [0, 0.1) is 13.8 Å². The van der Waals surface area contributed by atoms with E-state index in [0.29, 0.717) is 11.1 Å². The summed E-state index contributed by atoms with van der Waals surface area (Å²) in [7, 11) is -4.01. The normalized spacial score (nSPS) is 11.9. The average Bonchev–Trinajstić information content (AvgIpc) is 2.49. The lowest BCUT2D eigenvalue weighted by atomic mass is 10.1. The monoisotopic (exact) mass is 388 g/mol. The third-order valence-electron chi connectivity index (χ3n) is 3.53. The van der Waals surface area contributed by atoms with E-state index >= 15 is 0 Å². The number of nitrogens with one attached hydrogen (secondary N) is 1. The summed E-state index contributed by atoms with van der Waals surface area (Å²) < 4.78 is 63.4. The molecule has 0 atom stereocenters. The Morgan fingerprint density at radius 1 is 1.12 bits per heavy atom. The molecule has 140 valence electrons. The Hall–Kier alpha value is -2.59. The number of benzene rings is 2. The summed E-state index contributed by atoms with van der Waals surface area (Å²) in [5, 5.41) is 7.61. The van der Waals surface area contributed by atoms with Crippen LogP contribution in [0.5, 0.6) is 5.75 Å². The van der Waals surface area contributed by atoms with Crippen LogP contribution < -0.4 is 15.2 Å². The molecule has 0 spiro atoms. The molecule has 0 saturated carbocycles. The number of hydrogen-bond acceptors (Lipinski definition) is 4. The largest absolute Gasteiger partial charge is 0.573 e. The molecule has 1 amide bonds. The van der Waals surface area contributed by atoms with E-state index in [2.05, 4.69) is 10.1 Å². The van der Waals surface area contributed by atoms with Gasteiger partial charge in [-0.2, -0.15) is 0 Å². The molecule has 0 unspecified atom stereocenters.